The molecule has 0 spiro atoms. The van der Waals surface area contributed by atoms with Crippen LogP contribution in [0.5, 0.6) is 0 Å². The summed E-state index contributed by atoms with van der Waals surface area (Å²) >= 11 is 0. The molecule has 0 heteroatoms. The molecule has 2 unspecified atom stereocenters. The molecule has 0 radical (unpaired) electrons. The lowest BCUT2D eigenvalue weighted by Crippen LogP contribution is -2.32. The molecule has 0 aliphatic carbocycles. The van der Waals surface area contributed by atoms with Gasteiger partial charge in [0.15, 0.2) is 0 Å². The zero-order chi connectivity index (χ0) is 19.5. The summed E-state index contributed by atoms with van der Waals surface area (Å²) < 4.78 is 0. The molecule has 0 amide bonds. The molecule has 1 rings (SSSR count). The smallest absolute Gasteiger partial charge is 0.0159 e. The molecule has 0 heterocycles. The van der Waals surface area contributed by atoms with Crippen LogP contribution in [-0.2, 0) is 0 Å². The topological polar surface area (TPSA) is 0 Å². The van der Waals surface area contributed by atoms with Gasteiger partial charge in [0.25, 0.3) is 0 Å². The van der Waals surface area contributed by atoms with E-state index in [1.807, 2.05) is 0 Å². The highest BCUT2D eigenvalue weighted by Gasteiger charge is 2.38. The Morgan fingerprint density at radius 3 is 1.77 bits per heavy atom. The van der Waals surface area contributed by atoms with Crippen molar-refractivity contribution in [3.05, 3.63) is 35.9 Å². The van der Waals surface area contributed by atoms with Crippen molar-refractivity contribution in [3.63, 3.8) is 0 Å². The van der Waals surface area contributed by atoms with Gasteiger partial charge in [-0.1, -0.05) is 117 Å². The minimum Gasteiger partial charge on any atom is -0.0654 e. The Morgan fingerprint density at radius 1 is 0.731 bits per heavy atom. The molecule has 0 saturated heterocycles. The standard InChI is InChI=1S/C26H46/c1-7-13-17-20-26(12-6,22-25(9-3,10-4)11-5)21-23(8-2)24-18-15-14-16-19-24/h14-16,18-19,23H,7-13,17,20-22H2,1-6H3. The summed E-state index contributed by atoms with van der Waals surface area (Å²) in [6, 6.07) is 11.3. The van der Waals surface area contributed by atoms with E-state index in [4.69, 9.17) is 0 Å². The van der Waals surface area contributed by atoms with Crippen molar-refractivity contribution in [2.24, 2.45) is 10.8 Å². The van der Waals surface area contributed by atoms with Crippen LogP contribution >= 0.6 is 0 Å². The molecule has 0 nitrogen and oxygen atoms in total. The summed E-state index contributed by atoms with van der Waals surface area (Å²) in [5.74, 6) is 0.709. The molecular weight excluding hydrogens is 312 g/mol. The molecule has 0 saturated carbocycles. The van der Waals surface area contributed by atoms with Gasteiger partial charge in [-0.3, -0.25) is 0 Å². The van der Waals surface area contributed by atoms with Gasteiger partial charge in [-0.2, -0.15) is 0 Å². The van der Waals surface area contributed by atoms with Crippen molar-refractivity contribution in [3.8, 4) is 0 Å². The maximum Gasteiger partial charge on any atom is -0.0159 e. The molecular formula is C26H46. The third-order valence-electron chi connectivity index (χ3n) is 7.50. The first-order chi connectivity index (χ1) is 12.5. The van der Waals surface area contributed by atoms with Crippen molar-refractivity contribution in [2.45, 2.75) is 118 Å². The number of rotatable bonds is 14. The monoisotopic (exact) mass is 358 g/mol. The molecule has 0 N–H and O–H groups in total. The Bertz CT molecular complexity index is 448. The highest BCUT2D eigenvalue weighted by molar-refractivity contribution is 5.20. The Morgan fingerprint density at radius 2 is 1.31 bits per heavy atom. The lowest BCUT2D eigenvalue weighted by molar-refractivity contribution is 0.0786. The molecule has 0 aromatic heterocycles. The largest absolute Gasteiger partial charge is 0.0654 e. The molecule has 0 bridgehead atoms. The lowest BCUT2D eigenvalue weighted by atomic mass is 9.60. The number of hydrogen-bond acceptors (Lipinski definition) is 0. The van der Waals surface area contributed by atoms with Gasteiger partial charge >= 0.3 is 0 Å². The van der Waals surface area contributed by atoms with Crippen LogP contribution in [0.1, 0.15) is 124 Å². The van der Waals surface area contributed by atoms with Gasteiger partial charge in [-0.15, -0.1) is 0 Å². The van der Waals surface area contributed by atoms with Gasteiger partial charge in [0.05, 0.1) is 0 Å². The maximum absolute atomic E-state index is 2.47. The summed E-state index contributed by atoms with van der Waals surface area (Å²) in [4.78, 5) is 0. The minimum atomic E-state index is 0.508. The maximum atomic E-state index is 2.47. The van der Waals surface area contributed by atoms with E-state index >= 15 is 0 Å². The fourth-order valence-corrected chi connectivity index (χ4v) is 5.13. The summed E-state index contributed by atoms with van der Waals surface area (Å²) in [5, 5.41) is 0. The van der Waals surface area contributed by atoms with Crippen molar-refractivity contribution in [1.82, 2.24) is 0 Å². The highest BCUT2D eigenvalue weighted by atomic mass is 14.4. The van der Waals surface area contributed by atoms with E-state index in [0.717, 1.165) is 0 Å². The first-order valence-electron chi connectivity index (χ1n) is 11.6. The number of unbranched alkanes of at least 4 members (excludes halogenated alkanes) is 2. The van der Waals surface area contributed by atoms with E-state index in [9.17, 15) is 0 Å². The average Bonchev–Trinajstić information content (AvgIpc) is 2.71. The molecule has 0 fully saturated rings. The Labute approximate surface area is 165 Å². The first-order valence-corrected chi connectivity index (χ1v) is 11.6. The Hall–Kier alpha value is -0.780. The quantitative estimate of drug-likeness (QED) is 0.291. The molecule has 0 aliphatic rings. The lowest BCUT2D eigenvalue weighted by Gasteiger charge is -2.44. The second kappa shape index (κ2) is 11.8. The van der Waals surface area contributed by atoms with Gasteiger partial charge in [0.2, 0.25) is 0 Å². The van der Waals surface area contributed by atoms with Crippen LogP contribution in [0, 0.1) is 10.8 Å². The van der Waals surface area contributed by atoms with Gasteiger partial charge < -0.3 is 0 Å². The van der Waals surface area contributed by atoms with Gasteiger partial charge in [0.1, 0.15) is 0 Å². The number of hydrogen-bond donors (Lipinski definition) is 0. The van der Waals surface area contributed by atoms with Gasteiger partial charge in [-0.05, 0) is 48.0 Å². The van der Waals surface area contributed by atoms with Crippen LogP contribution < -0.4 is 0 Å². The number of benzene rings is 1. The van der Waals surface area contributed by atoms with Crippen molar-refractivity contribution >= 4 is 0 Å². The van der Waals surface area contributed by atoms with E-state index in [0.29, 0.717) is 16.7 Å². The van der Waals surface area contributed by atoms with Crippen LogP contribution in [0.3, 0.4) is 0 Å². The average molecular weight is 359 g/mol. The zero-order valence-corrected chi connectivity index (χ0v) is 18.7. The predicted molar refractivity (Wildman–Crippen MR) is 119 cm³/mol. The van der Waals surface area contributed by atoms with E-state index in [-0.39, 0.29) is 0 Å². The van der Waals surface area contributed by atoms with Crippen LogP contribution in [0.4, 0.5) is 0 Å². The first kappa shape index (κ1) is 23.3. The fraction of sp³-hybridized carbons (Fsp3) is 0.769. The van der Waals surface area contributed by atoms with Crippen LogP contribution in [-0.4, -0.2) is 0 Å². The molecule has 1 aromatic carbocycles. The third kappa shape index (κ3) is 6.43. The third-order valence-corrected chi connectivity index (χ3v) is 7.50. The zero-order valence-electron chi connectivity index (χ0n) is 18.7. The highest BCUT2D eigenvalue weighted by Crippen LogP contribution is 2.51. The van der Waals surface area contributed by atoms with Crippen LogP contribution in [0.2, 0.25) is 0 Å². The Kier molecular flexibility index (Phi) is 10.6. The van der Waals surface area contributed by atoms with E-state index in [1.54, 1.807) is 5.56 Å². The molecule has 150 valence electrons. The van der Waals surface area contributed by atoms with Crippen LogP contribution in [0.25, 0.3) is 0 Å². The summed E-state index contributed by atoms with van der Waals surface area (Å²) in [6.07, 6.45) is 14.9. The summed E-state index contributed by atoms with van der Waals surface area (Å²) in [5.41, 5.74) is 2.60. The molecule has 26 heavy (non-hydrogen) atoms. The SMILES string of the molecule is CCCCCC(CC)(CC(CC)c1ccccc1)CC(CC)(CC)CC. The molecule has 1 aromatic rings. The molecule has 2 atom stereocenters. The second-order valence-electron chi connectivity index (χ2n) is 8.77. The fourth-order valence-electron chi connectivity index (χ4n) is 5.13. The second-order valence-corrected chi connectivity index (χ2v) is 8.77. The van der Waals surface area contributed by atoms with Gasteiger partial charge in [0, 0.05) is 0 Å². The van der Waals surface area contributed by atoms with E-state index < -0.39 is 0 Å². The Balaban J connectivity index is 3.11. The van der Waals surface area contributed by atoms with Crippen molar-refractivity contribution in [2.75, 3.05) is 0 Å². The van der Waals surface area contributed by atoms with Gasteiger partial charge in [-0.25, -0.2) is 0 Å². The molecule has 0 aliphatic heterocycles. The van der Waals surface area contributed by atoms with E-state index in [2.05, 4.69) is 71.9 Å². The van der Waals surface area contributed by atoms with E-state index in [1.165, 1.54) is 70.6 Å². The minimum absolute atomic E-state index is 0.508. The van der Waals surface area contributed by atoms with Crippen molar-refractivity contribution in [1.29, 1.82) is 0 Å². The predicted octanol–water partition coefficient (Wildman–Crippen LogP) is 9.15. The van der Waals surface area contributed by atoms with Crippen molar-refractivity contribution < 1.29 is 0 Å². The van der Waals surface area contributed by atoms with Crippen LogP contribution in [0.15, 0.2) is 30.3 Å². The summed E-state index contributed by atoms with van der Waals surface area (Å²) in [7, 11) is 0. The summed E-state index contributed by atoms with van der Waals surface area (Å²) in [6.45, 7) is 14.5. The normalized spacial score (nSPS) is 15.6.